The summed E-state index contributed by atoms with van der Waals surface area (Å²) in [6.07, 6.45) is 4.41. The van der Waals surface area contributed by atoms with Gasteiger partial charge in [-0.2, -0.15) is 5.26 Å². The number of anilines is 1. The molecular formula is C25H26N4O3. The summed E-state index contributed by atoms with van der Waals surface area (Å²) < 4.78 is 10.8. The molecule has 1 atom stereocenters. The fraction of sp³-hybridized carbons (Fsp3) is 0.320. The average molecular weight is 431 g/mol. The molecule has 1 aliphatic carbocycles. The molecule has 0 bridgehead atoms. The zero-order chi connectivity index (χ0) is 23.0. The molecule has 2 aliphatic rings. The molecule has 0 saturated heterocycles. The van der Waals surface area contributed by atoms with Gasteiger partial charge in [0.1, 0.15) is 5.82 Å². The van der Waals surface area contributed by atoms with E-state index in [0.717, 1.165) is 16.9 Å². The first-order valence-corrected chi connectivity index (χ1v) is 10.4. The SMILES string of the molecule is COc1ccc([C@H]2C(C#N)=C(N)N(c3cccnc3)C3=C2C(=O)CC(C)(C)C3)cc1OC. The lowest BCUT2D eigenvalue weighted by atomic mass is 9.68. The van der Waals surface area contributed by atoms with Crippen LogP contribution in [0.25, 0.3) is 0 Å². The van der Waals surface area contributed by atoms with Gasteiger partial charge in [0.05, 0.1) is 43.7 Å². The fourth-order valence-electron chi connectivity index (χ4n) is 4.66. The van der Waals surface area contributed by atoms with E-state index in [1.165, 1.54) is 0 Å². The van der Waals surface area contributed by atoms with Gasteiger partial charge in [-0.3, -0.25) is 14.7 Å². The highest BCUT2D eigenvalue weighted by atomic mass is 16.5. The molecule has 2 N–H and O–H groups in total. The van der Waals surface area contributed by atoms with Gasteiger partial charge in [-0.05, 0) is 41.7 Å². The molecule has 0 unspecified atom stereocenters. The van der Waals surface area contributed by atoms with Gasteiger partial charge in [0.25, 0.3) is 0 Å². The fourth-order valence-corrected chi connectivity index (χ4v) is 4.66. The Labute approximate surface area is 187 Å². The highest BCUT2D eigenvalue weighted by Gasteiger charge is 2.44. The number of pyridine rings is 1. The second-order valence-corrected chi connectivity index (χ2v) is 8.81. The van der Waals surface area contributed by atoms with E-state index in [1.54, 1.807) is 32.7 Å². The van der Waals surface area contributed by atoms with Gasteiger partial charge >= 0.3 is 0 Å². The predicted molar refractivity (Wildman–Crippen MR) is 121 cm³/mol. The smallest absolute Gasteiger partial charge is 0.162 e. The summed E-state index contributed by atoms with van der Waals surface area (Å²) in [5.74, 6) is 0.854. The van der Waals surface area contributed by atoms with Crippen LogP contribution in [0, 0.1) is 16.7 Å². The summed E-state index contributed by atoms with van der Waals surface area (Å²) in [5.41, 5.74) is 9.61. The minimum Gasteiger partial charge on any atom is -0.493 e. The maximum atomic E-state index is 13.5. The van der Waals surface area contributed by atoms with Gasteiger partial charge in [-0.25, -0.2) is 0 Å². The van der Waals surface area contributed by atoms with Crippen molar-refractivity contribution in [1.29, 1.82) is 5.26 Å². The zero-order valence-corrected chi connectivity index (χ0v) is 18.7. The molecule has 7 heteroatoms. The molecule has 0 spiro atoms. The quantitative estimate of drug-likeness (QED) is 0.781. The first kappa shape index (κ1) is 21.4. The standard InChI is InChI=1S/C25H26N4O3/c1-25(2)11-18-23(19(30)12-25)22(15-7-8-20(31-3)21(10-15)32-4)17(13-26)24(27)29(18)16-6-5-9-28-14-16/h5-10,14,22H,11-12,27H2,1-4H3/t22-/m0/s1. The lowest BCUT2D eigenvalue weighted by Crippen LogP contribution is -2.42. The predicted octanol–water partition coefficient (Wildman–Crippen LogP) is 4.04. The normalized spacial score (nSPS) is 20.0. The van der Waals surface area contributed by atoms with E-state index in [0.29, 0.717) is 41.3 Å². The van der Waals surface area contributed by atoms with Crippen LogP contribution in [0.1, 0.15) is 38.2 Å². The number of methoxy groups -OCH3 is 2. The molecule has 0 fully saturated rings. The molecule has 0 amide bonds. The van der Waals surface area contributed by atoms with Crippen LogP contribution in [0.5, 0.6) is 11.5 Å². The minimum atomic E-state index is -0.577. The van der Waals surface area contributed by atoms with Crippen molar-refractivity contribution in [3.8, 4) is 17.6 Å². The van der Waals surface area contributed by atoms with Crippen molar-refractivity contribution in [2.45, 2.75) is 32.6 Å². The second kappa shape index (κ2) is 8.04. The van der Waals surface area contributed by atoms with Crippen LogP contribution in [0.4, 0.5) is 5.69 Å². The van der Waals surface area contributed by atoms with Crippen LogP contribution in [0.2, 0.25) is 0 Å². The Morgan fingerprint density at radius 2 is 1.94 bits per heavy atom. The number of nitriles is 1. The van der Waals surface area contributed by atoms with Crippen LogP contribution in [-0.4, -0.2) is 25.0 Å². The summed E-state index contributed by atoms with van der Waals surface area (Å²) in [6.45, 7) is 4.14. The Bertz CT molecular complexity index is 1180. The number of ether oxygens (including phenoxy) is 2. The van der Waals surface area contributed by atoms with Gasteiger partial charge in [0.2, 0.25) is 0 Å². The monoisotopic (exact) mass is 430 g/mol. The second-order valence-electron chi connectivity index (χ2n) is 8.81. The van der Waals surface area contributed by atoms with E-state index in [4.69, 9.17) is 15.2 Å². The number of allylic oxidation sites excluding steroid dienone is 3. The molecule has 1 aliphatic heterocycles. The number of benzene rings is 1. The van der Waals surface area contributed by atoms with Crippen LogP contribution in [-0.2, 0) is 4.79 Å². The third-order valence-electron chi connectivity index (χ3n) is 6.03. The number of nitrogens with zero attached hydrogens (tertiary/aromatic N) is 3. The third-order valence-corrected chi connectivity index (χ3v) is 6.03. The molecule has 1 aromatic heterocycles. The van der Waals surface area contributed by atoms with Crippen LogP contribution >= 0.6 is 0 Å². The van der Waals surface area contributed by atoms with Crippen LogP contribution < -0.4 is 20.1 Å². The summed E-state index contributed by atoms with van der Waals surface area (Å²) in [7, 11) is 3.12. The Kier molecular flexibility index (Phi) is 5.39. The molecule has 2 heterocycles. The Morgan fingerprint density at radius 1 is 1.19 bits per heavy atom. The van der Waals surface area contributed by atoms with Crippen molar-refractivity contribution < 1.29 is 14.3 Å². The summed E-state index contributed by atoms with van der Waals surface area (Å²) in [5, 5.41) is 10.1. The van der Waals surface area contributed by atoms with Crippen LogP contribution in [0.3, 0.4) is 0 Å². The molecule has 32 heavy (non-hydrogen) atoms. The molecule has 0 saturated carbocycles. The van der Waals surface area contributed by atoms with Crippen molar-refractivity contribution in [2.75, 3.05) is 19.1 Å². The first-order chi connectivity index (χ1) is 15.3. The van der Waals surface area contributed by atoms with E-state index in [-0.39, 0.29) is 11.2 Å². The van der Waals surface area contributed by atoms with E-state index in [2.05, 4.69) is 24.9 Å². The molecule has 164 valence electrons. The Morgan fingerprint density at radius 3 is 2.56 bits per heavy atom. The first-order valence-electron chi connectivity index (χ1n) is 10.4. The lowest BCUT2D eigenvalue weighted by molar-refractivity contribution is -0.118. The molecule has 2 aromatic rings. The number of hydrogen-bond donors (Lipinski definition) is 1. The largest absolute Gasteiger partial charge is 0.493 e. The van der Waals surface area contributed by atoms with Crippen molar-refractivity contribution in [1.82, 2.24) is 4.98 Å². The molecule has 0 radical (unpaired) electrons. The number of ketones is 1. The van der Waals surface area contributed by atoms with Gasteiger partial charge < -0.3 is 15.2 Å². The molecular weight excluding hydrogens is 404 g/mol. The van der Waals surface area contributed by atoms with Crippen molar-refractivity contribution in [2.24, 2.45) is 11.1 Å². The topological polar surface area (TPSA) is 101 Å². The van der Waals surface area contributed by atoms with Crippen LogP contribution in [0.15, 0.2) is 65.4 Å². The minimum absolute atomic E-state index is 0.0187. The zero-order valence-electron chi connectivity index (χ0n) is 18.7. The highest BCUT2D eigenvalue weighted by Crippen LogP contribution is 2.50. The van der Waals surface area contributed by atoms with Gasteiger partial charge in [0.15, 0.2) is 17.3 Å². The third kappa shape index (κ3) is 3.48. The summed E-state index contributed by atoms with van der Waals surface area (Å²) in [4.78, 5) is 19.6. The van der Waals surface area contributed by atoms with Gasteiger partial charge in [0, 0.05) is 23.9 Å². The number of Topliss-reactive ketones (excluding diaryl/α,β-unsaturated/α-hetero) is 1. The number of nitrogens with two attached hydrogens (primary N) is 1. The molecule has 4 rings (SSSR count). The maximum absolute atomic E-state index is 13.5. The number of hydrogen-bond acceptors (Lipinski definition) is 7. The molecule has 1 aromatic carbocycles. The highest BCUT2D eigenvalue weighted by molar-refractivity contribution is 6.01. The summed E-state index contributed by atoms with van der Waals surface area (Å²) in [6, 6.07) is 11.4. The number of carbonyl (C=O) groups is 1. The number of aromatic nitrogens is 1. The average Bonchev–Trinajstić information content (AvgIpc) is 2.77. The number of carbonyl (C=O) groups excluding carboxylic acids is 1. The van der Waals surface area contributed by atoms with E-state index >= 15 is 0 Å². The Hall–Kier alpha value is -3.79. The van der Waals surface area contributed by atoms with E-state index in [9.17, 15) is 10.1 Å². The van der Waals surface area contributed by atoms with Gasteiger partial charge in [-0.1, -0.05) is 19.9 Å². The van der Waals surface area contributed by atoms with Crippen molar-refractivity contribution in [3.63, 3.8) is 0 Å². The lowest BCUT2D eigenvalue weighted by Gasteiger charge is -2.43. The molecule has 7 nitrogen and oxygen atoms in total. The van der Waals surface area contributed by atoms with Crippen molar-refractivity contribution >= 4 is 11.5 Å². The summed E-state index contributed by atoms with van der Waals surface area (Å²) >= 11 is 0. The van der Waals surface area contributed by atoms with E-state index < -0.39 is 5.92 Å². The Balaban J connectivity index is 1.99. The van der Waals surface area contributed by atoms with Gasteiger partial charge in [-0.15, -0.1) is 0 Å². The number of rotatable bonds is 4. The van der Waals surface area contributed by atoms with E-state index in [1.807, 2.05) is 29.2 Å². The van der Waals surface area contributed by atoms with Crippen molar-refractivity contribution in [3.05, 3.63) is 71.0 Å². The maximum Gasteiger partial charge on any atom is 0.162 e.